The van der Waals surface area contributed by atoms with E-state index in [4.69, 9.17) is 4.74 Å². The molecule has 0 radical (unpaired) electrons. The molecule has 1 aromatic carbocycles. The van der Waals surface area contributed by atoms with Crippen molar-refractivity contribution in [1.82, 2.24) is 5.32 Å². The van der Waals surface area contributed by atoms with Crippen LogP contribution in [0.15, 0.2) is 18.2 Å². The maximum absolute atomic E-state index is 14.1. The Balaban J connectivity index is 2.98. The normalized spacial score (nSPS) is 12.4. The molecule has 1 N–H and O–H groups in total. The predicted molar refractivity (Wildman–Crippen MR) is 82.8 cm³/mol. The van der Waals surface area contributed by atoms with E-state index >= 15 is 0 Å². The summed E-state index contributed by atoms with van der Waals surface area (Å²) in [6.45, 7) is 9.20. The van der Waals surface area contributed by atoms with Gasteiger partial charge in [-0.15, -0.1) is 0 Å². The third kappa shape index (κ3) is 4.46. The Kier molecular flexibility index (Phi) is 7.55. The lowest BCUT2D eigenvalue weighted by atomic mass is 10.1. The van der Waals surface area contributed by atoms with Crippen LogP contribution < -0.4 is 10.2 Å². The highest BCUT2D eigenvalue weighted by Gasteiger charge is 2.18. The average molecular weight is 282 g/mol. The van der Waals surface area contributed by atoms with Crippen LogP contribution in [0.25, 0.3) is 0 Å². The van der Waals surface area contributed by atoms with E-state index in [1.165, 1.54) is 6.07 Å². The maximum atomic E-state index is 14.1. The molecule has 1 atom stereocenters. The number of nitrogens with one attached hydrogen (secondary N) is 1. The first-order valence-corrected chi connectivity index (χ1v) is 7.39. The van der Waals surface area contributed by atoms with Crippen LogP contribution in [0.1, 0.15) is 32.8 Å². The first-order chi connectivity index (χ1) is 9.65. The first kappa shape index (κ1) is 16.9. The van der Waals surface area contributed by atoms with Crippen molar-refractivity contribution >= 4 is 5.69 Å². The standard InChI is InChI=1S/C16H27FN2O/c1-5-10-18-11-14-15(17)8-7-9-16(14)19(6-2)13(3)12-20-4/h7-9,13,18H,5-6,10-12H2,1-4H3. The molecule has 0 aliphatic rings. The molecule has 3 nitrogen and oxygen atoms in total. The number of hydrogen-bond donors (Lipinski definition) is 1. The molecule has 0 heterocycles. The van der Waals surface area contributed by atoms with Gasteiger partial charge in [-0.1, -0.05) is 13.0 Å². The number of hydrogen-bond acceptors (Lipinski definition) is 3. The second kappa shape index (κ2) is 8.93. The highest BCUT2D eigenvalue weighted by atomic mass is 19.1. The molecular weight excluding hydrogens is 255 g/mol. The molecule has 1 rings (SSSR count). The number of ether oxygens (including phenoxy) is 1. The van der Waals surface area contributed by atoms with Crippen LogP contribution in [0.2, 0.25) is 0 Å². The van der Waals surface area contributed by atoms with E-state index in [-0.39, 0.29) is 11.9 Å². The minimum Gasteiger partial charge on any atom is -0.383 e. The Morgan fingerprint density at radius 3 is 2.70 bits per heavy atom. The summed E-state index contributed by atoms with van der Waals surface area (Å²) in [6.07, 6.45) is 1.04. The summed E-state index contributed by atoms with van der Waals surface area (Å²) in [4.78, 5) is 2.19. The highest BCUT2D eigenvalue weighted by Crippen LogP contribution is 2.25. The summed E-state index contributed by atoms with van der Waals surface area (Å²) in [5.74, 6) is -0.144. The Labute approximate surface area is 122 Å². The van der Waals surface area contributed by atoms with Crippen molar-refractivity contribution in [2.75, 3.05) is 31.7 Å². The molecule has 0 amide bonds. The number of halogens is 1. The summed E-state index contributed by atoms with van der Waals surface area (Å²) in [5, 5.41) is 3.28. The molecule has 0 aliphatic carbocycles. The molecule has 114 valence electrons. The monoisotopic (exact) mass is 282 g/mol. The molecule has 0 aliphatic heterocycles. The van der Waals surface area contributed by atoms with Gasteiger partial charge in [0.05, 0.1) is 6.61 Å². The van der Waals surface area contributed by atoms with Crippen molar-refractivity contribution in [2.45, 2.75) is 39.8 Å². The van der Waals surface area contributed by atoms with Gasteiger partial charge in [-0.25, -0.2) is 4.39 Å². The number of likely N-dealkylation sites (N-methyl/N-ethyl adjacent to an activating group) is 1. The lowest BCUT2D eigenvalue weighted by Crippen LogP contribution is -2.37. The van der Waals surface area contributed by atoms with Crippen molar-refractivity contribution < 1.29 is 9.13 Å². The van der Waals surface area contributed by atoms with Gasteiger partial charge >= 0.3 is 0 Å². The van der Waals surface area contributed by atoms with E-state index in [1.54, 1.807) is 13.2 Å². The molecule has 0 aromatic heterocycles. The zero-order chi connectivity index (χ0) is 15.0. The van der Waals surface area contributed by atoms with Gasteiger partial charge in [0, 0.05) is 37.5 Å². The average Bonchev–Trinajstić information content (AvgIpc) is 2.43. The van der Waals surface area contributed by atoms with Crippen LogP contribution in [0, 0.1) is 5.82 Å². The van der Waals surface area contributed by atoms with Crippen LogP contribution >= 0.6 is 0 Å². The third-order valence-electron chi connectivity index (χ3n) is 3.41. The van der Waals surface area contributed by atoms with Crippen molar-refractivity contribution in [2.24, 2.45) is 0 Å². The van der Waals surface area contributed by atoms with E-state index in [2.05, 4.69) is 31.0 Å². The van der Waals surface area contributed by atoms with Crippen molar-refractivity contribution in [3.05, 3.63) is 29.6 Å². The zero-order valence-electron chi connectivity index (χ0n) is 13.1. The second-order valence-electron chi connectivity index (χ2n) is 5.00. The van der Waals surface area contributed by atoms with Gasteiger partial charge in [0.1, 0.15) is 5.82 Å². The second-order valence-corrected chi connectivity index (χ2v) is 5.00. The first-order valence-electron chi connectivity index (χ1n) is 7.39. The van der Waals surface area contributed by atoms with Crippen LogP contribution in [0.4, 0.5) is 10.1 Å². The van der Waals surface area contributed by atoms with Crippen molar-refractivity contribution in [3.63, 3.8) is 0 Å². The van der Waals surface area contributed by atoms with Crippen LogP contribution in [-0.4, -0.2) is 32.8 Å². The molecule has 4 heteroatoms. The van der Waals surface area contributed by atoms with Gasteiger partial charge in [0.2, 0.25) is 0 Å². The summed E-state index contributed by atoms with van der Waals surface area (Å²) >= 11 is 0. The minimum atomic E-state index is -0.144. The van der Waals surface area contributed by atoms with Gasteiger partial charge in [-0.05, 0) is 38.9 Å². The SMILES string of the molecule is CCCNCc1c(F)cccc1N(CC)C(C)COC. The lowest BCUT2D eigenvalue weighted by molar-refractivity contribution is 0.182. The van der Waals surface area contributed by atoms with Crippen molar-refractivity contribution in [3.8, 4) is 0 Å². The summed E-state index contributed by atoms with van der Waals surface area (Å²) in [5.41, 5.74) is 1.70. The highest BCUT2D eigenvalue weighted by molar-refractivity contribution is 5.55. The molecule has 0 saturated heterocycles. The molecule has 0 fully saturated rings. The number of methoxy groups -OCH3 is 1. The number of anilines is 1. The van der Waals surface area contributed by atoms with Gasteiger partial charge in [-0.2, -0.15) is 0 Å². The molecule has 0 spiro atoms. The fourth-order valence-electron chi connectivity index (χ4n) is 2.43. The third-order valence-corrected chi connectivity index (χ3v) is 3.41. The molecule has 0 bridgehead atoms. The number of nitrogens with zero attached hydrogens (tertiary/aromatic N) is 1. The summed E-state index contributed by atoms with van der Waals surface area (Å²) in [7, 11) is 1.69. The van der Waals surface area contributed by atoms with E-state index in [1.807, 2.05) is 6.07 Å². The fourth-order valence-corrected chi connectivity index (χ4v) is 2.43. The van der Waals surface area contributed by atoms with E-state index in [0.717, 1.165) is 30.8 Å². The van der Waals surface area contributed by atoms with Crippen LogP contribution in [0.3, 0.4) is 0 Å². The lowest BCUT2D eigenvalue weighted by Gasteiger charge is -2.31. The van der Waals surface area contributed by atoms with E-state index in [9.17, 15) is 4.39 Å². The largest absolute Gasteiger partial charge is 0.383 e. The van der Waals surface area contributed by atoms with Crippen LogP contribution in [0.5, 0.6) is 0 Å². The Morgan fingerprint density at radius 1 is 1.35 bits per heavy atom. The maximum Gasteiger partial charge on any atom is 0.129 e. The van der Waals surface area contributed by atoms with Crippen molar-refractivity contribution in [1.29, 1.82) is 0 Å². The van der Waals surface area contributed by atoms with E-state index < -0.39 is 0 Å². The smallest absolute Gasteiger partial charge is 0.129 e. The molecule has 0 saturated carbocycles. The van der Waals surface area contributed by atoms with Gasteiger partial charge < -0.3 is 15.0 Å². The summed E-state index contributed by atoms with van der Waals surface area (Å²) < 4.78 is 19.4. The fraction of sp³-hybridized carbons (Fsp3) is 0.625. The molecule has 1 aromatic rings. The Hall–Kier alpha value is -1.13. The zero-order valence-corrected chi connectivity index (χ0v) is 13.1. The Morgan fingerprint density at radius 2 is 2.10 bits per heavy atom. The quantitative estimate of drug-likeness (QED) is 0.704. The Bertz CT molecular complexity index is 398. The topological polar surface area (TPSA) is 24.5 Å². The van der Waals surface area contributed by atoms with Gasteiger partial charge in [0.25, 0.3) is 0 Å². The van der Waals surface area contributed by atoms with Gasteiger partial charge in [0.15, 0.2) is 0 Å². The summed E-state index contributed by atoms with van der Waals surface area (Å²) in [6, 6.07) is 5.51. The predicted octanol–water partition coefficient (Wildman–Crippen LogP) is 3.19. The number of rotatable bonds is 9. The molecule has 1 unspecified atom stereocenters. The molecular formula is C16H27FN2O. The minimum absolute atomic E-state index is 0.144. The number of benzene rings is 1. The van der Waals surface area contributed by atoms with Crippen LogP contribution in [-0.2, 0) is 11.3 Å². The van der Waals surface area contributed by atoms with Gasteiger partial charge in [-0.3, -0.25) is 0 Å². The van der Waals surface area contributed by atoms with E-state index in [0.29, 0.717) is 13.2 Å². The molecule has 20 heavy (non-hydrogen) atoms.